The standard InChI is InChI=1S/C21H25NO2S/c1-16-8-6-7-11-19(16)20-12-13-22(14-15-25-20)21(23)17(2)24-18-9-4-3-5-10-18/h3-11,17,20H,12-15H2,1-2H3. The molecule has 4 heteroatoms. The molecule has 132 valence electrons. The second kappa shape index (κ2) is 8.43. The molecule has 0 aromatic heterocycles. The Hall–Kier alpha value is -1.94. The summed E-state index contributed by atoms with van der Waals surface area (Å²) in [5, 5.41) is 0.462. The van der Waals surface area contributed by atoms with Gasteiger partial charge in [0.05, 0.1) is 0 Å². The zero-order chi connectivity index (χ0) is 17.6. The Morgan fingerprint density at radius 1 is 1.12 bits per heavy atom. The van der Waals surface area contributed by atoms with Crippen LogP contribution in [0.5, 0.6) is 5.75 Å². The molecule has 0 spiro atoms. The smallest absolute Gasteiger partial charge is 0.263 e. The number of thioether (sulfide) groups is 1. The minimum Gasteiger partial charge on any atom is -0.481 e. The van der Waals surface area contributed by atoms with Gasteiger partial charge in [-0.2, -0.15) is 11.8 Å². The van der Waals surface area contributed by atoms with E-state index in [0.717, 1.165) is 31.0 Å². The van der Waals surface area contributed by atoms with Gasteiger partial charge in [-0.05, 0) is 43.5 Å². The summed E-state index contributed by atoms with van der Waals surface area (Å²) >= 11 is 1.95. The van der Waals surface area contributed by atoms with Crippen molar-refractivity contribution in [1.29, 1.82) is 0 Å². The van der Waals surface area contributed by atoms with Crippen molar-refractivity contribution >= 4 is 17.7 Å². The molecule has 0 bridgehead atoms. The second-order valence-corrected chi connectivity index (χ2v) is 7.71. The van der Waals surface area contributed by atoms with E-state index in [2.05, 4.69) is 31.2 Å². The normalized spacial score (nSPS) is 19.1. The number of benzene rings is 2. The number of aryl methyl sites for hydroxylation is 1. The van der Waals surface area contributed by atoms with Gasteiger partial charge in [0.1, 0.15) is 5.75 Å². The highest BCUT2D eigenvalue weighted by Gasteiger charge is 2.26. The van der Waals surface area contributed by atoms with E-state index in [9.17, 15) is 4.79 Å². The number of nitrogens with zero attached hydrogens (tertiary/aromatic N) is 1. The van der Waals surface area contributed by atoms with Crippen LogP contribution < -0.4 is 4.74 Å². The molecule has 2 aromatic rings. The van der Waals surface area contributed by atoms with Crippen molar-refractivity contribution < 1.29 is 9.53 Å². The Balaban J connectivity index is 1.60. The van der Waals surface area contributed by atoms with Crippen molar-refractivity contribution in [3.8, 4) is 5.75 Å². The van der Waals surface area contributed by atoms with E-state index in [4.69, 9.17) is 4.74 Å². The number of hydrogen-bond donors (Lipinski definition) is 0. The third-order valence-electron chi connectivity index (χ3n) is 4.59. The number of ether oxygens (including phenoxy) is 1. The molecule has 1 heterocycles. The average Bonchev–Trinajstić information content (AvgIpc) is 2.88. The molecule has 2 aromatic carbocycles. The van der Waals surface area contributed by atoms with Crippen molar-refractivity contribution in [2.75, 3.05) is 18.8 Å². The van der Waals surface area contributed by atoms with Crippen LogP contribution in [0, 0.1) is 6.92 Å². The van der Waals surface area contributed by atoms with Gasteiger partial charge in [0.2, 0.25) is 0 Å². The predicted molar refractivity (Wildman–Crippen MR) is 104 cm³/mol. The molecule has 2 unspecified atom stereocenters. The first kappa shape index (κ1) is 17.9. The van der Waals surface area contributed by atoms with Crippen molar-refractivity contribution in [2.45, 2.75) is 31.6 Å². The van der Waals surface area contributed by atoms with Crippen molar-refractivity contribution in [3.63, 3.8) is 0 Å². The Morgan fingerprint density at radius 3 is 2.60 bits per heavy atom. The summed E-state index contributed by atoms with van der Waals surface area (Å²) in [4.78, 5) is 14.7. The summed E-state index contributed by atoms with van der Waals surface area (Å²) in [6, 6.07) is 18.1. The first-order chi connectivity index (χ1) is 12.1. The van der Waals surface area contributed by atoms with E-state index < -0.39 is 6.10 Å². The molecule has 0 radical (unpaired) electrons. The third kappa shape index (κ3) is 4.57. The Labute approximate surface area is 154 Å². The molecule has 0 saturated carbocycles. The summed E-state index contributed by atoms with van der Waals surface area (Å²) in [5.41, 5.74) is 2.73. The summed E-state index contributed by atoms with van der Waals surface area (Å²) in [6.07, 6.45) is 0.529. The molecule has 25 heavy (non-hydrogen) atoms. The lowest BCUT2D eigenvalue weighted by Gasteiger charge is -2.24. The minimum absolute atomic E-state index is 0.0786. The topological polar surface area (TPSA) is 29.5 Å². The van der Waals surface area contributed by atoms with Crippen molar-refractivity contribution in [2.24, 2.45) is 0 Å². The number of hydrogen-bond acceptors (Lipinski definition) is 3. The molecule has 0 aliphatic carbocycles. The van der Waals surface area contributed by atoms with Gasteiger partial charge in [0.25, 0.3) is 5.91 Å². The van der Waals surface area contributed by atoms with Crippen LogP contribution in [0.15, 0.2) is 54.6 Å². The summed E-state index contributed by atoms with van der Waals surface area (Å²) < 4.78 is 5.80. The fraction of sp³-hybridized carbons (Fsp3) is 0.381. The molecule has 1 aliphatic heterocycles. The van der Waals surface area contributed by atoms with Crippen LogP contribution in [0.3, 0.4) is 0 Å². The van der Waals surface area contributed by atoms with Crippen LogP contribution in [-0.4, -0.2) is 35.8 Å². The Morgan fingerprint density at radius 2 is 1.84 bits per heavy atom. The molecule has 1 amide bonds. The lowest BCUT2D eigenvalue weighted by Crippen LogP contribution is -2.41. The average molecular weight is 356 g/mol. The van der Waals surface area contributed by atoms with Gasteiger partial charge >= 0.3 is 0 Å². The van der Waals surface area contributed by atoms with Gasteiger partial charge in [-0.1, -0.05) is 42.5 Å². The minimum atomic E-state index is -0.456. The second-order valence-electron chi connectivity index (χ2n) is 6.40. The zero-order valence-electron chi connectivity index (χ0n) is 14.9. The molecule has 1 aliphatic rings. The first-order valence-electron chi connectivity index (χ1n) is 8.83. The lowest BCUT2D eigenvalue weighted by atomic mass is 10.0. The number of carbonyl (C=O) groups excluding carboxylic acids is 1. The highest BCUT2D eigenvalue weighted by molar-refractivity contribution is 7.99. The molecule has 2 atom stereocenters. The van der Waals surface area contributed by atoms with Gasteiger partial charge < -0.3 is 9.64 Å². The van der Waals surface area contributed by atoms with Crippen LogP contribution in [-0.2, 0) is 4.79 Å². The third-order valence-corrected chi connectivity index (χ3v) is 5.90. The monoisotopic (exact) mass is 355 g/mol. The Kier molecular flexibility index (Phi) is 6.03. The summed E-state index contributed by atoms with van der Waals surface area (Å²) in [6.45, 7) is 5.58. The van der Waals surface area contributed by atoms with E-state index >= 15 is 0 Å². The summed E-state index contributed by atoms with van der Waals surface area (Å²) in [5.74, 6) is 1.78. The fourth-order valence-electron chi connectivity index (χ4n) is 3.20. The lowest BCUT2D eigenvalue weighted by molar-refractivity contribution is -0.137. The SMILES string of the molecule is Cc1ccccc1C1CCN(C(=O)C(C)Oc2ccccc2)CCS1. The largest absolute Gasteiger partial charge is 0.481 e. The first-order valence-corrected chi connectivity index (χ1v) is 9.87. The zero-order valence-corrected chi connectivity index (χ0v) is 15.7. The Bertz CT molecular complexity index is 704. The van der Waals surface area contributed by atoms with E-state index in [0.29, 0.717) is 5.25 Å². The maximum atomic E-state index is 12.8. The quantitative estimate of drug-likeness (QED) is 0.810. The maximum Gasteiger partial charge on any atom is 0.263 e. The van der Waals surface area contributed by atoms with E-state index in [-0.39, 0.29) is 5.91 Å². The molecule has 1 saturated heterocycles. The van der Waals surface area contributed by atoms with Crippen molar-refractivity contribution in [1.82, 2.24) is 4.90 Å². The number of carbonyl (C=O) groups is 1. The van der Waals surface area contributed by atoms with E-state index in [1.54, 1.807) is 0 Å². The van der Waals surface area contributed by atoms with Gasteiger partial charge in [0.15, 0.2) is 6.10 Å². The molecule has 1 fully saturated rings. The van der Waals surface area contributed by atoms with Crippen molar-refractivity contribution in [3.05, 3.63) is 65.7 Å². The van der Waals surface area contributed by atoms with Crippen LogP contribution in [0.2, 0.25) is 0 Å². The number of para-hydroxylation sites is 1. The maximum absolute atomic E-state index is 12.8. The van der Waals surface area contributed by atoms with Crippen LogP contribution >= 0.6 is 11.8 Å². The number of rotatable bonds is 4. The molecule has 3 rings (SSSR count). The molecular weight excluding hydrogens is 330 g/mol. The predicted octanol–water partition coefficient (Wildman–Crippen LogP) is 4.47. The van der Waals surface area contributed by atoms with Crippen LogP contribution in [0.4, 0.5) is 0 Å². The van der Waals surface area contributed by atoms with Gasteiger partial charge in [0, 0.05) is 24.1 Å². The molecule has 0 N–H and O–H groups in total. The van der Waals surface area contributed by atoms with Crippen LogP contribution in [0.25, 0.3) is 0 Å². The highest BCUT2D eigenvalue weighted by Crippen LogP contribution is 2.36. The highest BCUT2D eigenvalue weighted by atomic mass is 32.2. The fourth-order valence-corrected chi connectivity index (χ4v) is 4.52. The van der Waals surface area contributed by atoms with Gasteiger partial charge in [-0.3, -0.25) is 4.79 Å². The molecule has 3 nitrogen and oxygen atoms in total. The summed E-state index contributed by atoms with van der Waals surface area (Å²) in [7, 11) is 0. The van der Waals surface area contributed by atoms with Crippen LogP contribution in [0.1, 0.15) is 29.7 Å². The number of amides is 1. The molecular formula is C21H25NO2S. The van der Waals surface area contributed by atoms with Gasteiger partial charge in [-0.25, -0.2) is 0 Å². The van der Waals surface area contributed by atoms with E-state index in [1.807, 2.05) is 53.9 Å². The van der Waals surface area contributed by atoms with E-state index in [1.165, 1.54) is 11.1 Å². The van der Waals surface area contributed by atoms with Gasteiger partial charge in [-0.15, -0.1) is 0 Å².